The van der Waals surface area contributed by atoms with Gasteiger partial charge in [0.25, 0.3) is 15.9 Å². The predicted molar refractivity (Wildman–Crippen MR) is 142 cm³/mol. The van der Waals surface area contributed by atoms with Crippen LogP contribution in [-0.4, -0.2) is 37.9 Å². The van der Waals surface area contributed by atoms with Gasteiger partial charge in [-0.1, -0.05) is 24.3 Å². The van der Waals surface area contributed by atoms with Gasteiger partial charge in [-0.05, 0) is 67.4 Å². The molecule has 8 nitrogen and oxygen atoms in total. The number of aromatic nitrogens is 1. The highest BCUT2D eigenvalue weighted by Crippen LogP contribution is 2.36. The summed E-state index contributed by atoms with van der Waals surface area (Å²) in [5, 5.41) is 4.55. The molecule has 4 aromatic rings. The molecule has 2 heterocycles. The standard InChI is InChI=1S/C27H22FN3O5S2/c1-17-13-19-5-2-3-8-24(19)31(17)38(34,35)22-7-4-6-20(14-22)26(33)36-15-25(32)30-27-29-23(16-37-27)18-9-11-21(28)12-10-18/h2-12,14,16-17H,13,15H2,1H3,(H,29,30,32). The molecule has 1 aliphatic rings. The highest BCUT2D eigenvalue weighted by atomic mass is 32.2. The van der Waals surface area contributed by atoms with Crippen LogP contribution >= 0.6 is 11.3 Å². The van der Waals surface area contributed by atoms with Crippen molar-refractivity contribution in [3.05, 3.63) is 95.1 Å². The van der Waals surface area contributed by atoms with Crippen molar-refractivity contribution in [1.29, 1.82) is 0 Å². The highest BCUT2D eigenvalue weighted by Gasteiger charge is 2.36. The number of thiazole rings is 1. The van der Waals surface area contributed by atoms with Crippen LogP contribution in [0.15, 0.2) is 83.1 Å². The lowest BCUT2D eigenvalue weighted by Crippen LogP contribution is -2.35. The van der Waals surface area contributed by atoms with Gasteiger partial charge in [-0.2, -0.15) is 0 Å². The molecule has 194 valence electrons. The molecule has 1 aliphatic heterocycles. The molecule has 1 N–H and O–H groups in total. The molecular formula is C27H22FN3O5S2. The minimum absolute atomic E-state index is 0.00635. The first-order valence-electron chi connectivity index (χ1n) is 11.6. The van der Waals surface area contributed by atoms with Crippen molar-refractivity contribution in [2.45, 2.75) is 24.3 Å². The number of ether oxygens (including phenoxy) is 1. The Morgan fingerprint density at radius 1 is 1.11 bits per heavy atom. The van der Waals surface area contributed by atoms with E-state index in [2.05, 4.69) is 10.3 Å². The van der Waals surface area contributed by atoms with E-state index in [0.717, 1.165) is 5.56 Å². The second-order valence-corrected chi connectivity index (χ2v) is 11.4. The molecule has 5 rings (SSSR count). The number of benzene rings is 3. The molecule has 11 heteroatoms. The Morgan fingerprint density at radius 2 is 1.87 bits per heavy atom. The molecule has 0 bridgehead atoms. The van der Waals surface area contributed by atoms with E-state index in [9.17, 15) is 22.4 Å². The molecule has 0 fully saturated rings. The maximum atomic E-state index is 13.5. The van der Waals surface area contributed by atoms with Gasteiger partial charge < -0.3 is 4.74 Å². The lowest BCUT2D eigenvalue weighted by molar-refractivity contribution is -0.119. The van der Waals surface area contributed by atoms with E-state index < -0.39 is 28.5 Å². The maximum absolute atomic E-state index is 13.5. The average Bonchev–Trinajstić information content (AvgIpc) is 3.51. The van der Waals surface area contributed by atoms with Gasteiger partial charge in [-0.25, -0.2) is 22.6 Å². The van der Waals surface area contributed by atoms with Crippen molar-refractivity contribution >= 4 is 44.1 Å². The molecule has 38 heavy (non-hydrogen) atoms. The summed E-state index contributed by atoms with van der Waals surface area (Å²) < 4.78 is 46.5. The van der Waals surface area contributed by atoms with Gasteiger partial charge >= 0.3 is 5.97 Å². The zero-order chi connectivity index (χ0) is 26.9. The predicted octanol–water partition coefficient (Wildman–Crippen LogP) is 4.88. The number of hydrogen-bond donors (Lipinski definition) is 1. The van der Waals surface area contributed by atoms with Crippen LogP contribution < -0.4 is 9.62 Å². The number of rotatable bonds is 7. The number of hydrogen-bond acceptors (Lipinski definition) is 7. The summed E-state index contributed by atoms with van der Waals surface area (Å²) in [6, 6.07) is 18.4. The van der Waals surface area contributed by atoms with E-state index in [1.54, 1.807) is 29.6 Å². The molecule has 0 saturated heterocycles. The summed E-state index contributed by atoms with van der Waals surface area (Å²) in [6.45, 7) is 1.25. The number of sulfonamides is 1. The third-order valence-corrected chi connectivity index (χ3v) is 8.68. The second kappa shape index (κ2) is 10.3. The molecule has 1 amide bonds. The van der Waals surface area contributed by atoms with E-state index in [0.29, 0.717) is 28.5 Å². The first kappa shape index (κ1) is 25.6. The second-order valence-electron chi connectivity index (χ2n) is 8.68. The monoisotopic (exact) mass is 551 g/mol. The Bertz CT molecular complexity index is 1620. The Hall–Kier alpha value is -4.09. The topological polar surface area (TPSA) is 106 Å². The number of para-hydroxylation sites is 1. The van der Waals surface area contributed by atoms with Gasteiger partial charge in [0.2, 0.25) is 0 Å². The van der Waals surface area contributed by atoms with Crippen LogP contribution in [0, 0.1) is 5.82 Å². The van der Waals surface area contributed by atoms with E-state index in [-0.39, 0.29) is 22.3 Å². The number of fused-ring (bicyclic) bond motifs is 1. The first-order valence-corrected chi connectivity index (χ1v) is 14.0. The smallest absolute Gasteiger partial charge is 0.338 e. The molecule has 1 aromatic heterocycles. The normalized spacial score (nSPS) is 14.7. The van der Waals surface area contributed by atoms with Gasteiger partial charge in [-0.3, -0.25) is 14.4 Å². The highest BCUT2D eigenvalue weighted by molar-refractivity contribution is 7.92. The van der Waals surface area contributed by atoms with Gasteiger partial charge in [0.15, 0.2) is 11.7 Å². The fourth-order valence-corrected chi connectivity index (χ4v) is 6.73. The zero-order valence-electron chi connectivity index (χ0n) is 20.1. The Balaban J connectivity index is 1.23. The lowest BCUT2D eigenvalue weighted by Gasteiger charge is -2.24. The van der Waals surface area contributed by atoms with Crippen LogP contribution in [0.5, 0.6) is 0 Å². The van der Waals surface area contributed by atoms with Crippen molar-refractivity contribution in [1.82, 2.24) is 4.98 Å². The number of carbonyl (C=O) groups excluding carboxylic acids is 2. The minimum atomic E-state index is -3.93. The molecule has 0 aliphatic carbocycles. The minimum Gasteiger partial charge on any atom is -0.452 e. The van der Waals surface area contributed by atoms with Gasteiger partial charge in [0, 0.05) is 17.0 Å². The zero-order valence-corrected chi connectivity index (χ0v) is 21.8. The van der Waals surface area contributed by atoms with Crippen LogP contribution in [0.2, 0.25) is 0 Å². The largest absolute Gasteiger partial charge is 0.452 e. The van der Waals surface area contributed by atoms with E-state index in [4.69, 9.17) is 4.74 Å². The molecule has 1 unspecified atom stereocenters. The number of anilines is 2. The summed E-state index contributed by atoms with van der Waals surface area (Å²) >= 11 is 1.17. The fourth-order valence-electron chi connectivity index (χ4n) is 4.25. The van der Waals surface area contributed by atoms with Crippen LogP contribution in [0.3, 0.4) is 0 Å². The molecule has 0 spiro atoms. The third-order valence-electron chi connectivity index (χ3n) is 6.00. The van der Waals surface area contributed by atoms with Gasteiger partial charge in [0.1, 0.15) is 5.82 Å². The Morgan fingerprint density at radius 3 is 2.66 bits per heavy atom. The third kappa shape index (κ3) is 5.15. The molecule has 0 radical (unpaired) electrons. The van der Waals surface area contributed by atoms with Gasteiger partial charge in [-0.15, -0.1) is 11.3 Å². The van der Waals surface area contributed by atoms with Crippen LogP contribution in [0.25, 0.3) is 11.3 Å². The summed E-state index contributed by atoms with van der Waals surface area (Å²) in [5.41, 5.74) is 2.82. The number of amides is 1. The number of esters is 1. The molecule has 1 atom stereocenters. The van der Waals surface area contributed by atoms with E-state index >= 15 is 0 Å². The number of nitrogens with one attached hydrogen (secondary N) is 1. The fraction of sp³-hybridized carbons (Fsp3) is 0.148. The van der Waals surface area contributed by atoms with E-state index in [1.807, 2.05) is 19.1 Å². The van der Waals surface area contributed by atoms with E-state index in [1.165, 1.54) is 52.0 Å². The SMILES string of the molecule is CC1Cc2ccccc2N1S(=O)(=O)c1cccc(C(=O)OCC(=O)Nc2nc(-c3ccc(F)cc3)cs2)c1. The quantitative estimate of drug-likeness (QED) is 0.328. The average molecular weight is 552 g/mol. The molecule has 3 aromatic carbocycles. The number of carbonyl (C=O) groups is 2. The van der Waals surface area contributed by atoms with Crippen molar-refractivity contribution in [3.63, 3.8) is 0 Å². The summed E-state index contributed by atoms with van der Waals surface area (Å²) in [7, 11) is -3.93. The molecule has 0 saturated carbocycles. The lowest BCUT2D eigenvalue weighted by atomic mass is 10.1. The van der Waals surface area contributed by atoms with Crippen LogP contribution in [0.1, 0.15) is 22.8 Å². The van der Waals surface area contributed by atoms with Crippen LogP contribution in [-0.2, 0) is 26.0 Å². The number of halogens is 1. The maximum Gasteiger partial charge on any atom is 0.338 e. The summed E-state index contributed by atoms with van der Waals surface area (Å²) in [5.74, 6) is -1.80. The Kier molecular flexibility index (Phi) is 6.96. The molecular weight excluding hydrogens is 529 g/mol. The first-order chi connectivity index (χ1) is 18.2. The van der Waals surface area contributed by atoms with Crippen molar-refractivity contribution in [3.8, 4) is 11.3 Å². The summed E-state index contributed by atoms with van der Waals surface area (Å²) in [6.07, 6.45) is 0.594. The Labute approximate surface area is 222 Å². The van der Waals surface area contributed by atoms with Crippen molar-refractivity contribution in [2.75, 3.05) is 16.2 Å². The van der Waals surface area contributed by atoms with Crippen LogP contribution in [0.4, 0.5) is 15.2 Å². The number of nitrogens with zero attached hydrogens (tertiary/aromatic N) is 2. The van der Waals surface area contributed by atoms with Crippen molar-refractivity contribution in [2.24, 2.45) is 0 Å². The summed E-state index contributed by atoms with van der Waals surface area (Å²) in [4.78, 5) is 29.2. The van der Waals surface area contributed by atoms with Gasteiger partial charge in [0.05, 0.1) is 21.8 Å². The van der Waals surface area contributed by atoms with Crippen molar-refractivity contribution < 1.29 is 27.1 Å².